The smallest absolute Gasteiger partial charge is 0.327 e. The Hall–Kier alpha value is -3.38. The number of aromatic nitrogens is 6. The van der Waals surface area contributed by atoms with E-state index < -0.39 is 9.65 Å². The Labute approximate surface area is 311 Å². The van der Waals surface area contributed by atoms with Crippen LogP contribution in [-0.4, -0.2) is 54.5 Å². The van der Waals surface area contributed by atoms with Crippen molar-refractivity contribution < 1.29 is 19.1 Å². The van der Waals surface area contributed by atoms with Crippen molar-refractivity contribution in [2.24, 2.45) is 23.7 Å². The Morgan fingerprint density at radius 2 is 0.940 bits per heavy atom. The Morgan fingerprint density at radius 3 is 1.26 bits per heavy atom. The van der Waals surface area contributed by atoms with Crippen LogP contribution in [0, 0.1) is 37.5 Å². The molecular formula is C38H48Br2N6O4. The molecule has 50 heavy (non-hydrogen) atoms. The van der Waals surface area contributed by atoms with Crippen LogP contribution >= 0.6 is 31.9 Å². The van der Waals surface area contributed by atoms with Crippen molar-refractivity contribution in [2.75, 3.05) is 0 Å². The maximum Gasteiger partial charge on any atom is 0.327 e. The number of carbonyl (C=O) groups is 2. The van der Waals surface area contributed by atoms with Gasteiger partial charge in [0.1, 0.15) is 23.9 Å². The Balaban J connectivity index is 0.000000194. The number of aromatic amines is 2. The van der Waals surface area contributed by atoms with Crippen LogP contribution in [0.1, 0.15) is 98.6 Å². The first kappa shape index (κ1) is 37.9. The summed E-state index contributed by atoms with van der Waals surface area (Å²) in [4.78, 5) is 32.7. The Morgan fingerprint density at radius 1 is 0.620 bits per heavy atom. The van der Waals surface area contributed by atoms with Crippen molar-refractivity contribution in [2.45, 2.75) is 102 Å². The molecule has 2 aromatic carbocycles. The van der Waals surface area contributed by atoms with Crippen molar-refractivity contribution in [3.63, 3.8) is 0 Å². The van der Waals surface area contributed by atoms with Gasteiger partial charge < -0.3 is 9.47 Å². The molecule has 6 unspecified atom stereocenters. The molecule has 2 N–H and O–H groups in total. The summed E-state index contributed by atoms with van der Waals surface area (Å²) < 4.78 is 11.6. The summed E-state index contributed by atoms with van der Waals surface area (Å²) in [5, 5.41) is 14.1. The summed E-state index contributed by atoms with van der Waals surface area (Å²) in [6.07, 6.45) is 6.78. The summed E-state index contributed by atoms with van der Waals surface area (Å²) in [6, 6.07) is 15.9. The monoisotopic (exact) mass is 810 g/mol. The lowest BCUT2D eigenvalue weighted by atomic mass is 9.80. The molecule has 0 radical (unpaired) electrons. The number of ether oxygens (including phenoxy) is 2. The summed E-state index contributed by atoms with van der Waals surface area (Å²) in [5.74, 6) is 3.05. The van der Waals surface area contributed by atoms with Crippen LogP contribution in [-0.2, 0) is 19.1 Å². The van der Waals surface area contributed by atoms with E-state index in [2.05, 4.69) is 89.9 Å². The SMILES string of the molecule is Cc1ccc(-c2n[nH]c(C(Br)C(=O)OC3C(C)CCCC3C)n2)cc1.Cc1ccc(-c2n[nH]c(C(Br)C(=O)OC3C(C)CCCC3C)n2)cc1. The van der Waals surface area contributed by atoms with Gasteiger partial charge in [-0.1, -0.05) is 132 Å². The van der Waals surface area contributed by atoms with Gasteiger partial charge in [-0.05, 0) is 63.2 Å². The van der Waals surface area contributed by atoms with Gasteiger partial charge in [-0.15, -0.1) is 0 Å². The number of halogens is 2. The number of nitrogens with one attached hydrogen (secondary N) is 2. The molecule has 2 fully saturated rings. The fourth-order valence-electron chi connectivity index (χ4n) is 6.82. The number of H-pyrrole nitrogens is 2. The molecule has 2 heterocycles. The second-order valence-corrected chi connectivity index (χ2v) is 16.0. The van der Waals surface area contributed by atoms with Crippen LogP contribution in [0.5, 0.6) is 0 Å². The molecule has 2 aliphatic carbocycles. The minimum atomic E-state index is -0.638. The quantitative estimate of drug-likeness (QED) is 0.133. The predicted molar refractivity (Wildman–Crippen MR) is 201 cm³/mol. The molecule has 0 saturated heterocycles. The van der Waals surface area contributed by atoms with Crippen LogP contribution in [0.25, 0.3) is 22.8 Å². The lowest BCUT2D eigenvalue weighted by molar-refractivity contribution is -0.157. The van der Waals surface area contributed by atoms with E-state index in [1.54, 1.807) is 0 Å². The van der Waals surface area contributed by atoms with E-state index in [-0.39, 0.29) is 24.1 Å². The topological polar surface area (TPSA) is 136 Å². The summed E-state index contributed by atoms with van der Waals surface area (Å²) in [7, 11) is 0. The normalized spacial score (nSPS) is 24.7. The van der Waals surface area contributed by atoms with E-state index in [9.17, 15) is 9.59 Å². The minimum Gasteiger partial charge on any atom is -0.461 e. The number of hydrogen-bond acceptors (Lipinski definition) is 8. The third kappa shape index (κ3) is 9.48. The molecule has 2 saturated carbocycles. The van der Waals surface area contributed by atoms with Gasteiger partial charge in [-0.2, -0.15) is 10.2 Å². The second kappa shape index (κ2) is 17.2. The fourth-order valence-corrected chi connectivity index (χ4v) is 7.44. The molecule has 6 atom stereocenters. The molecular weight excluding hydrogens is 764 g/mol. The molecule has 0 spiro atoms. The average Bonchev–Trinajstić information content (AvgIpc) is 3.80. The standard InChI is InChI=1S/2C19H24BrN3O2/c2*1-11-7-9-14(10-8-11)17-21-18(23-22-17)15(20)19(24)25-16-12(2)5-4-6-13(16)3/h2*7-10,12-13,15-16H,4-6H2,1-3H3,(H,21,22,23). The lowest BCUT2D eigenvalue weighted by Gasteiger charge is -2.34. The number of rotatable bonds is 8. The maximum absolute atomic E-state index is 12.5. The van der Waals surface area contributed by atoms with Crippen molar-refractivity contribution in [1.82, 2.24) is 30.4 Å². The van der Waals surface area contributed by atoms with Crippen molar-refractivity contribution in [3.8, 4) is 22.8 Å². The van der Waals surface area contributed by atoms with Crippen LogP contribution in [0.2, 0.25) is 0 Å². The van der Waals surface area contributed by atoms with Gasteiger partial charge in [0.05, 0.1) is 0 Å². The first-order valence-corrected chi connectivity index (χ1v) is 19.4. The zero-order chi connectivity index (χ0) is 35.9. The Bertz CT molecular complexity index is 1560. The predicted octanol–water partition coefficient (Wildman–Crippen LogP) is 9.17. The first-order valence-electron chi connectivity index (χ1n) is 17.6. The highest BCUT2D eigenvalue weighted by molar-refractivity contribution is 9.09. The molecule has 2 aliphatic rings. The molecule has 0 amide bonds. The number of hydrogen-bond donors (Lipinski definition) is 2. The molecule has 12 heteroatoms. The molecule has 4 aromatic rings. The van der Waals surface area contributed by atoms with Crippen LogP contribution < -0.4 is 0 Å². The Kier molecular flexibility index (Phi) is 13.0. The molecule has 10 nitrogen and oxygen atoms in total. The van der Waals surface area contributed by atoms with E-state index in [0.29, 0.717) is 47.0 Å². The van der Waals surface area contributed by atoms with Gasteiger partial charge in [-0.3, -0.25) is 19.8 Å². The van der Waals surface area contributed by atoms with Gasteiger partial charge in [0.2, 0.25) is 0 Å². The second-order valence-electron chi connectivity index (χ2n) is 14.1. The molecule has 268 valence electrons. The van der Waals surface area contributed by atoms with E-state index in [4.69, 9.17) is 9.47 Å². The third-order valence-electron chi connectivity index (χ3n) is 9.90. The van der Waals surface area contributed by atoms with Crippen molar-refractivity contribution in [3.05, 3.63) is 71.3 Å². The van der Waals surface area contributed by atoms with Gasteiger partial charge >= 0.3 is 11.9 Å². The van der Waals surface area contributed by atoms with Gasteiger partial charge in [0.25, 0.3) is 0 Å². The van der Waals surface area contributed by atoms with E-state index in [1.165, 1.54) is 24.0 Å². The van der Waals surface area contributed by atoms with E-state index in [0.717, 1.165) is 36.8 Å². The fraction of sp³-hybridized carbons (Fsp3) is 0.526. The summed E-state index contributed by atoms with van der Waals surface area (Å²) in [6.45, 7) is 12.7. The number of esters is 2. The molecule has 2 aromatic heterocycles. The zero-order valence-electron chi connectivity index (χ0n) is 29.7. The van der Waals surface area contributed by atoms with Gasteiger partial charge in [0, 0.05) is 11.1 Å². The first-order chi connectivity index (χ1) is 23.9. The van der Waals surface area contributed by atoms with E-state index >= 15 is 0 Å². The molecule has 0 bridgehead atoms. The zero-order valence-corrected chi connectivity index (χ0v) is 32.8. The maximum atomic E-state index is 12.5. The summed E-state index contributed by atoms with van der Waals surface area (Å²) in [5.41, 5.74) is 4.18. The molecule has 0 aliphatic heterocycles. The number of benzene rings is 2. The van der Waals surface area contributed by atoms with Crippen molar-refractivity contribution >= 4 is 43.8 Å². The third-order valence-corrected chi connectivity index (χ3v) is 11.5. The minimum absolute atomic E-state index is 0.0270. The van der Waals surface area contributed by atoms with Crippen LogP contribution in [0.15, 0.2) is 48.5 Å². The summed E-state index contributed by atoms with van der Waals surface area (Å²) >= 11 is 6.81. The number of alkyl halides is 2. The van der Waals surface area contributed by atoms with Crippen LogP contribution in [0.3, 0.4) is 0 Å². The number of carbonyl (C=O) groups excluding carboxylic acids is 2. The van der Waals surface area contributed by atoms with E-state index in [1.807, 2.05) is 62.4 Å². The van der Waals surface area contributed by atoms with Crippen molar-refractivity contribution in [1.29, 1.82) is 0 Å². The van der Waals surface area contributed by atoms with Gasteiger partial charge in [0.15, 0.2) is 21.3 Å². The average molecular weight is 813 g/mol. The highest BCUT2D eigenvalue weighted by Gasteiger charge is 2.35. The van der Waals surface area contributed by atoms with Crippen LogP contribution in [0.4, 0.5) is 0 Å². The largest absolute Gasteiger partial charge is 0.461 e. The number of aryl methyl sites for hydroxylation is 2. The highest BCUT2D eigenvalue weighted by atomic mass is 79.9. The number of nitrogens with zero attached hydrogens (tertiary/aromatic N) is 4. The highest BCUT2D eigenvalue weighted by Crippen LogP contribution is 2.35. The molecule has 6 rings (SSSR count). The lowest BCUT2D eigenvalue weighted by Crippen LogP contribution is -2.35. The van der Waals surface area contributed by atoms with Gasteiger partial charge in [-0.25, -0.2) is 9.97 Å².